The Morgan fingerprint density at radius 2 is 1.83 bits per heavy atom. The van der Waals surface area contributed by atoms with Crippen molar-refractivity contribution >= 4 is 12.6 Å². The standard InChI is InChI=1S/C16H18BFN2O4/c1-16(2)9-23-17(24-10-16)12-5-3-11(4-6-12)7-20-8-13(18)14(21)19-15(20)22/h3-6,8H,7,9-10H2,1-2H3,(H,19,21,22). The Labute approximate surface area is 138 Å². The van der Waals surface area contributed by atoms with Gasteiger partial charge in [0, 0.05) is 18.6 Å². The third kappa shape index (κ3) is 3.65. The van der Waals surface area contributed by atoms with Gasteiger partial charge in [-0.3, -0.25) is 14.3 Å². The van der Waals surface area contributed by atoms with E-state index in [0.29, 0.717) is 13.2 Å². The number of H-pyrrole nitrogens is 1. The number of aromatic amines is 1. The van der Waals surface area contributed by atoms with Gasteiger partial charge in [0.05, 0.1) is 12.7 Å². The summed E-state index contributed by atoms with van der Waals surface area (Å²) in [5, 5.41) is 0. The van der Waals surface area contributed by atoms with Gasteiger partial charge in [0.1, 0.15) is 0 Å². The van der Waals surface area contributed by atoms with Crippen molar-refractivity contribution in [2.75, 3.05) is 13.2 Å². The second kappa shape index (κ2) is 6.37. The monoisotopic (exact) mass is 332 g/mol. The van der Waals surface area contributed by atoms with Crippen molar-refractivity contribution in [2.45, 2.75) is 20.4 Å². The lowest BCUT2D eigenvalue weighted by atomic mass is 9.76. The number of aromatic nitrogens is 2. The molecule has 1 fully saturated rings. The van der Waals surface area contributed by atoms with E-state index in [1.807, 2.05) is 29.2 Å². The highest BCUT2D eigenvalue weighted by Gasteiger charge is 2.33. The van der Waals surface area contributed by atoms with Gasteiger partial charge in [-0.2, -0.15) is 4.39 Å². The molecule has 1 aliphatic rings. The Morgan fingerprint density at radius 3 is 2.46 bits per heavy atom. The average Bonchev–Trinajstić information content (AvgIpc) is 2.53. The molecule has 0 amide bonds. The summed E-state index contributed by atoms with van der Waals surface area (Å²) in [6.07, 6.45) is 0.907. The molecule has 6 nitrogen and oxygen atoms in total. The lowest BCUT2D eigenvalue weighted by molar-refractivity contribution is 0.0343. The summed E-state index contributed by atoms with van der Waals surface area (Å²) in [6, 6.07) is 7.34. The zero-order valence-corrected chi connectivity index (χ0v) is 13.5. The van der Waals surface area contributed by atoms with Gasteiger partial charge in [0.2, 0.25) is 5.82 Å². The normalized spacial score (nSPS) is 17.0. The van der Waals surface area contributed by atoms with E-state index < -0.39 is 24.2 Å². The van der Waals surface area contributed by atoms with E-state index >= 15 is 0 Å². The SMILES string of the molecule is CC1(C)COB(c2ccc(Cn3cc(F)c(=O)[nH]c3=O)cc2)OC1. The summed E-state index contributed by atoms with van der Waals surface area (Å²) < 4.78 is 25.8. The van der Waals surface area contributed by atoms with Crippen molar-refractivity contribution in [3.63, 3.8) is 0 Å². The Bertz CT molecular complexity index is 834. The predicted octanol–water partition coefficient (Wildman–Crippen LogP) is 0.492. The van der Waals surface area contributed by atoms with Crippen LogP contribution in [0.5, 0.6) is 0 Å². The van der Waals surface area contributed by atoms with Crippen LogP contribution in [-0.2, 0) is 15.9 Å². The topological polar surface area (TPSA) is 73.3 Å². The van der Waals surface area contributed by atoms with E-state index in [1.165, 1.54) is 0 Å². The molecule has 126 valence electrons. The molecule has 1 N–H and O–H groups in total. The lowest BCUT2D eigenvalue weighted by Gasteiger charge is -2.33. The van der Waals surface area contributed by atoms with Crippen LogP contribution in [-0.4, -0.2) is 29.9 Å². The van der Waals surface area contributed by atoms with E-state index in [4.69, 9.17) is 9.31 Å². The predicted molar refractivity (Wildman–Crippen MR) is 87.9 cm³/mol. The van der Waals surface area contributed by atoms with Crippen LogP contribution in [0.25, 0.3) is 0 Å². The van der Waals surface area contributed by atoms with Gasteiger partial charge in [-0.25, -0.2) is 4.79 Å². The molecular formula is C16H18BFN2O4. The second-order valence-electron chi connectivity index (χ2n) is 6.72. The third-order valence-electron chi connectivity index (χ3n) is 3.82. The molecule has 0 unspecified atom stereocenters. The number of nitrogens with zero attached hydrogens (tertiary/aromatic N) is 1. The third-order valence-corrected chi connectivity index (χ3v) is 3.82. The molecule has 1 aliphatic heterocycles. The molecule has 1 saturated heterocycles. The van der Waals surface area contributed by atoms with Gasteiger partial charge in [0.25, 0.3) is 5.56 Å². The van der Waals surface area contributed by atoms with Crippen molar-refractivity contribution in [3.05, 3.63) is 62.7 Å². The van der Waals surface area contributed by atoms with Crippen molar-refractivity contribution < 1.29 is 13.7 Å². The molecule has 8 heteroatoms. The molecule has 0 bridgehead atoms. The molecule has 0 radical (unpaired) electrons. The molecule has 0 saturated carbocycles. The van der Waals surface area contributed by atoms with E-state index in [2.05, 4.69) is 13.8 Å². The molecule has 0 atom stereocenters. The van der Waals surface area contributed by atoms with Gasteiger partial charge in [0.15, 0.2) is 0 Å². The van der Waals surface area contributed by atoms with Crippen molar-refractivity contribution in [3.8, 4) is 0 Å². The van der Waals surface area contributed by atoms with Crippen LogP contribution in [0.3, 0.4) is 0 Å². The van der Waals surface area contributed by atoms with Crippen molar-refractivity contribution in [1.29, 1.82) is 0 Å². The van der Waals surface area contributed by atoms with Gasteiger partial charge < -0.3 is 9.31 Å². The van der Waals surface area contributed by atoms with E-state index in [-0.39, 0.29) is 12.0 Å². The first-order valence-electron chi connectivity index (χ1n) is 7.65. The minimum Gasteiger partial charge on any atom is -0.407 e. The molecule has 2 heterocycles. The molecule has 1 aromatic heterocycles. The Kier molecular flexibility index (Phi) is 4.42. The van der Waals surface area contributed by atoms with Crippen LogP contribution in [0, 0.1) is 11.2 Å². The molecule has 2 aromatic rings. The van der Waals surface area contributed by atoms with E-state index in [9.17, 15) is 14.0 Å². The fourth-order valence-corrected chi connectivity index (χ4v) is 2.46. The molecular weight excluding hydrogens is 314 g/mol. The fraction of sp³-hybridized carbons (Fsp3) is 0.375. The van der Waals surface area contributed by atoms with Crippen LogP contribution < -0.4 is 16.7 Å². The number of halogens is 1. The minimum absolute atomic E-state index is 0.00586. The number of benzene rings is 1. The molecule has 3 rings (SSSR count). The van der Waals surface area contributed by atoms with Crippen LogP contribution in [0.15, 0.2) is 40.1 Å². The highest BCUT2D eigenvalue weighted by atomic mass is 19.1. The maximum atomic E-state index is 13.3. The quantitative estimate of drug-likeness (QED) is 0.831. The summed E-state index contributed by atoms with van der Waals surface area (Å²) in [5.41, 5.74) is 0.0248. The minimum atomic E-state index is -1.01. The maximum absolute atomic E-state index is 13.3. The van der Waals surface area contributed by atoms with Crippen LogP contribution in [0.2, 0.25) is 0 Å². The number of nitrogens with one attached hydrogen (secondary N) is 1. The van der Waals surface area contributed by atoms with E-state index in [1.54, 1.807) is 0 Å². The fourth-order valence-electron chi connectivity index (χ4n) is 2.46. The molecule has 0 aliphatic carbocycles. The largest absolute Gasteiger partial charge is 0.493 e. The van der Waals surface area contributed by atoms with Gasteiger partial charge in [-0.1, -0.05) is 38.1 Å². The Morgan fingerprint density at radius 1 is 1.21 bits per heavy atom. The summed E-state index contributed by atoms with van der Waals surface area (Å²) in [6.45, 7) is 5.55. The average molecular weight is 332 g/mol. The van der Waals surface area contributed by atoms with Crippen molar-refractivity contribution in [1.82, 2.24) is 9.55 Å². The van der Waals surface area contributed by atoms with Crippen molar-refractivity contribution in [2.24, 2.45) is 5.41 Å². The molecule has 0 spiro atoms. The van der Waals surface area contributed by atoms with Gasteiger partial charge >= 0.3 is 12.8 Å². The van der Waals surface area contributed by atoms with Gasteiger partial charge in [-0.15, -0.1) is 0 Å². The molecule has 24 heavy (non-hydrogen) atoms. The first-order chi connectivity index (χ1) is 11.3. The summed E-state index contributed by atoms with van der Waals surface area (Å²) in [4.78, 5) is 24.6. The summed E-state index contributed by atoms with van der Waals surface area (Å²) in [7, 11) is -0.402. The van der Waals surface area contributed by atoms with Crippen LogP contribution >= 0.6 is 0 Å². The number of hydrogen-bond donors (Lipinski definition) is 1. The second-order valence-corrected chi connectivity index (χ2v) is 6.72. The smallest absolute Gasteiger partial charge is 0.407 e. The lowest BCUT2D eigenvalue weighted by Crippen LogP contribution is -2.47. The van der Waals surface area contributed by atoms with E-state index in [0.717, 1.165) is 21.8 Å². The van der Waals surface area contributed by atoms with Crippen LogP contribution in [0.4, 0.5) is 4.39 Å². The molecule has 1 aromatic carbocycles. The first kappa shape index (κ1) is 16.7. The Hall–Kier alpha value is -2.19. The highest BCUT2D eigenvalue weighted by molar-refractivity contribution is 6.61. The maximum Gasteiger partial charge on any atom is 0.493 e. The van der Waals surface area contributed by atoms with Gasteiger partial charge in [-0.05, 0) is 11.0 Å². The number of rotatable bonds is 3. The first-order valence-corrected chi connectivity index (χ1v) is 7.65. The highest BCUT2D eigenvalue weighted by Crippen LogP contribution is 2.21. The summed E-state index contributed by atoms with van der Waals surface area (Å²) >= 11 is 0. The zero-order valence-electron chi connectivity index (χ0n) is 13.5. The summed E-state index contributed by atoms with van der Waals surface area (Å²) in [5.74, 6) is -0.988. The van der Waals surface area contributed by atoms with Crippen LogP contribution in [0.1, 0.15) is 19.4 Å². The number of hydrogen-bond acceptors (Lipinski definition) is 4. The Balaban J connectivity index is 1.73. The zero-order chi connectivity index (χ0) is 17.3.